The minimum absolute atomic E-state index is 0.00796. The second-order valence-corrected chi connectivity index (χ2v) is 6.65. The van der Waals surface area contributed by atoms with Crippen molar-refractivity contribution < 1.29 is 4.79 Å². The lowest BCUT2D eigenvalue weighted by molar-refractivity contribution is 0.0940. The van der Waals surface area contributed by atoms with Gasteiger partial charge in [0.15, 0.2) is 0 Å². The van der Waals surface area contributed by atoms with Crippen LogP contribution < -0.4 is 11.1 Å². The van der Waals surface area contributed by atoms with Crippen molar-refractivity contribution >= 4 is 38.9 Å². The molecule has 1 aromatic carbocycles. The van der Waals surface area contributed by atoms with E-state index in [1.807, 2.05) is 13.0 Å². The van der Waals surface area contributed by atoms with Gasteiger partial charge in [0, 0.05) is 25.5 Å². The zero-order valence-electron chi connectivity index (χ0n) is 10.7. The van der Waals surface area contributed by atoms with Gasteiger partial charge in [-0.2, -0.15) is 0 Å². The van der Waals surface area contributed by atoms with Gasteiger partial charge in [-0.3, -0.25) is 4.79 Å². The maximum atomic E-state index is 12.2. The number of rotatable bonds is 3. The molecule has 1 amide bonds. The van der Waals surface area contributed by atoms with Crippen molar-refractivity contribution in [2.45, 2.75) is 19.9 Å². The Bertz CT molecular complexity index is 589. The van der Waals surface area contributed by atoms with Gasteiger partial charge in [-0.1, -0.05) is 15.9 Å². The highest BCUT2D eigenvalue weighted by atomic mass is 79.9. The van der Waals surface area contributed by atoms with Crippen LogP contribution in [0.5, 0.6) is 0 Å². The highest BCUT2D eigenvalue weighted by Gasteiger charge is 2.13. The van der Waals surface area contributed by atoms with Gasteiger partial charge in [0.1, 0.15) is 0 Å². The standard InChI is InChI=1S/C14H15BrN2OS/c1-8-3-4-13(19-8)9(2)17-14(18)10-5-11(15)7-12(16)6-10/h3-7,9H,16H2,1-2H3,(H,17,18). The van der Waals surface area contributed by atoms with Crippen molar-refractivity contribution in [3.8, 4) is 0 Å². The molecule has 100 valence electrons. The highest BCUT2D eigenvalue weighted by Crippen LogP contribution is 2.23. The Kier molecular flexibility index (Phi) is 4.27. The summed E-state index contributed by atoms with van der Waals surface area (Å²) < 4.78 is 0.803. The summed E-state index contributed by atoms with van der Waals surface area (Å²) >= 11 is 5.03. The van der Waals surface area contributed by atoms with Gasteiger partial charge in [0.2, 0.25) is 0 Å². The minimum atomic E-state index is -0.119. The molecule has 0 spiro atoms. The number of hydrogen-bond donors (Lipinski definition) is 2. The molecule has 2 rings (SSSR count). The molecule has 1 aromatic heterocycles. The van der Waals surface area contributed by atoms with Crippen molar-refractivity contribution in [3.63, 3.8) is 0 Å². The van der Waals surface area contributed by atoms with Crippen molar-refractivity contribution in [1.29, 1.82) is 0 Å². The van der Waals surface area contributed by atoms with Crippen LogP contribution >= 0.6 is 27.3 Å². The van der Waals surface area contributed by atoms with Crippen LogP contribution in [0.2, 0.25) is 0 Å². The third kappa shape index (κ3) is 3.58. The Balaban J connectivity index is 2.12. The van der Waals surface area contributed by atoms with E-state index < -0.39 is 0 Å². The van der Waals surface area contributed by atoms with E-state index in [1.165, 1.54) is 4.88 Å². The number of carbonyl (C=O) groups excluding carboxylic acids is 1. The van der Waals surface area contributed by atoms with Gasteiger partial charge in [-0.05, 0) is 44.2 Å². The normalized spacial score (nSPS) is 12.2. The first-order chi connectivity index (χ1) is 8.95. The lowest BCUT2D eigenvalue weighted by Gasteiger charge is -2.12. The van der Waals surface area contributed by atoms with Crippen LogP contribution in [0.4, 0.5) is 5.69 Å². The average molecular weight is 339 g/mol. The molecular formula is C14H15BrN2OS. The summed E-state index contributed by atoms with van der Waals surface area (Å²) in [4.78, 5) is 14.5. The van der Waals surface area contributed by atoms with Crippen molar-refractivity contribution in [3.05, 3.63) is 50.1 Å². The molecule has 2 aromatic rings. The topological polar surface area (TPSA) is 55.1 Å². The van der Waals surface area contributed by atoms with E-state index in [1.54, 1.807) is 29.5 Å². The number of hydrogen-bond acceptors (Lipinski definition) is 3. The van der Waals surface area contributed by atoms with Crippen LogP contribution in [0.3, 0.4) is 0 Å². The van der Waals surface area contributed by atoms with E-state index in [2.05, 4.69) is 34.2 Å². The SMILES string of the molecule is Cc1ccc(C(C)NC(=O)c2cc(N)cc(Br)c2)s1. The second kappa shape index (κ2) is 5.75. The fourth-order valence-electron chi connectivity index (χ4n) is 1.78. The fourth-order valence-corrected chi connectivity index (χ4v) is 3.17. The summed E-state index contributed by atoms with van der Waals surface area (Å²) in [6, 6.07) is 9.29. The summed E-state index contributed by atoms with van der Waals surface area (Å²) in [5.74, 6) is -0.119. The summed E-state index contributed by atoms with van der Waals surface area (Å²) in [6.45, 7) is 4.03. The number of carbonyl (C=O) groups is 1. The number of benzene rings is 1. The molecular weight excluding hydrogens is 324 g/mol. The number of aryl methyl sites for hydroxylation is 1. The van der Waals surface area contributed by atoms with E-state index >= 15 is 0 Å². The Labute approximate surface area is 125 Å². The molecule has 1 unspecified atom stereocenters. The molecule has 1 atom stereocenters. The largest absolute Gasteiger partial charge is 0.399 e. The maximum absolute atomic E-state index is 12.2. The van der Waals surface area contributed by atoms with Gasteiger partial charge in [-0.25, -0.2) is 0 Å². The van der Waals surface area contributed by atoms with Crippen LogP contribution in [0.15, 0.2) is 34.8 Å². The van der Waals surface area contributed by atoms with E-state index in [9.17, 15) is 4.79 Å². The predicted octanol–water partition coefficient (Wildman–Crippen LogP) is 3.89. The zero-order valence-corrected chi connectivity index (χ0v) is 13.1. The molecule has 0 saturated carbocycles. The van der Waals surface area contributed by atoms with Gasteiger partial charge in [0.25, 0.3) is 5.91 Å². The third-order valence-corrected chi connectivity index (χ3v) is 4.36. The van der Waals surface area contributed by atoms with Gasteiger partial charge in [0.05, 0.1) is 6.04 Å². The first kappa shape index (κ1) is 14.1. The summed E-state index contributed by atoms with van der Waals surface area (Å²) in [7, 11) is 0. The molecule has 0 bridgehead atoms. The molecule has 0 aliphatic rings. The number of thiophene rings is 1. The number of nitrogens with two attached hydrogens (primary N) is 1. The molecule has 0 saturated heterocycles. The number of nitrogens with one attached hydrogen (secondary N) is 1. The molecule has 3 N–H and O–H groups in total. The summed E-state index contributed by atoms with van der Waals surface area (Å²) in [6.07, 6.45) is 0. The Morgan fingerprint density at radius 2 is 2.11 bits per heavy atom. The summed E-state index contributed by atoms with van der Waals surface area (Å²) in [5, 5.41) is 2.98. The van der Waals surface area contributed by atoms with Crippen molar-refractivity contribution in [2.75, 3.05) is 5.73 Å². The second-order valence-electron chi connectivity index (χ2n) is 4.42. The van der Waals surface area contributed by atoms with E-state index in [0.29, 0.717) is 11.3 Å². The van der Waals surface area contributed by atoms with Gasteiger partial charge in [-0.15, -0.1) is 11.3 Å². The quantitative estimate of drug-likeness (QED) is 0.834. The minimum Gasteiger partial charge on any atom is -0.399 e. The maximum Gasteiger partial charge on any atom is 0.251 e. The zero-order chi connectivity index (χ0) is 14.0. The third-order valence-electron chi connectivity index (χ3n) is 2.72. The van der Waals surface area contributed by atoms with Crippen LogP contribution in [0.25, 0.3) is 0 Å². The van der Waals surface area contributed by atoms with Crippen molar-refractivity contribution in [2.24, 2.45) is 0 Å². The molecule has 0 radical (unpaired) electrons. The number of anilines is 1. The predicted molar refractivity (Wildman–Crippen MR) is 83.5 cm³/mol. The number of amides is 1. The monoisotopic (exact) mass is 338 g/mol. The lowest BCUT2D eigenvalue weighted by atomic mass is 10.1. The van der Waals surface area contributed by atoms with Gasteiger partial charge >= 0.3 is 0 Å². The molecule has 0 aliphatic heterocycles. The van der Waals surface area contributed by atoms with Crippen LogP contribution in [0.1, 0.15) is 33.1 Å². The molecule has 0 aliphatic carbocycles. The lowest BCUT2D eigenvalue weighted by Crippen LogP contribution is -2.26. The first-order valence-corrected chi connectivity index (χ1v) is 7.50. The summed E-state index contributed by atoms with van der Waals surface area (Å²) in [5.41, 5.74) is 6.87. The van der Waals surface area contributed by atoms with E-state index in [4.69, 9.17) is 5.73 Å². The van der Waals surface area contributed by atoms with Crippen LogP contribution in [-0.4, -0.2) is 5.91 Å². The molecule has 3 nitrogen and oxygen atoms in total. The van der Waals surface area contributed by atoms with E-state index in [0.717, 1.165) is 9.35 Å². The average Bonchev–Trinajstić information content (AvgIpc) is 2.74. The molecule has 0 fully saturated rings. The van der Waals surface area contributed by atoms with Gasteiger partial charge < -0.3 is 11.1 Å². The van der Waals surface area contributed by atoms with Crippen LogP contribution in [-0.2, 0) is 0 Å². The number of nitrogen functional groups attached to an aromatic ring is 1. The molecule has 5 heteroatoms. The Hall–Kier alpha value is -1.33. The van der Waals surface area contributed by atoms with Crippen molar-refractivity contribution in [1.82, 2.24) is 5.32 Å². The fraction of sp³-hybridized carbons (Fsp3) is 0.214. The first-order valence-electron chi connectivity index (χ1n) is 5.89. The van der Waals surface area contributed by atoms with E-state index in [-0.39, 0.29) is 11.9 Å². The Morgan fingerprint density at radius 3 is 2.68 bits per heavy atom. The Morgan fingerprint density at radius 1 is 1.37 bits per heavy atom. The highest BCUT2D eigenvalue weighted by molar-refractivity contribution is 9.10. The molecule has 1 heterocycles. The smallest absolute Gasteiger partial charge is 0.251 e. The molecule has 19 heavy (non-hydrogen) atoms. The van der Waals surface area contributed by atoms with Crippen LogP contribution in [0, 0.1) is 6.92 Å². The number of halogens is 1.